The molecule has 0 aliphatic heterocycles. The van der Waals surface area contributed by atoms with E-state index in [4.69, 9.17) is 22.2 Å². The van der Waals surface area contributed by atoms with Crippen LogP contribution < -0.4 is 0 Å². The van der Waals surface area contributed by atoms with Crippen LogP contribution in [0.5, 0.6) is 0 Å². The van der Waals surface area contributed by atoms with Crippen LogP contribution in [-0.4, -0.2) is 111 Å². The van der Waals surface area contributed by atoms with Crippen LogP contribution in [0.15, 0.2) is 0 Å². The van der Waals surface area contributed by atoms with E-state index >= 15 is 0 Å². The second-order valence-corrected chi connectivity index (χ2v) is 2.73. The fourth-order valence-corrected chi connectivity index (χ4v) is 0. The van der Waals surface area contributed by atoms with E-state index in [9.17, 15) is 0 Å². The molecule has 0 aromatic heterocycles. The minimum atomic E-state index is -0.639. The molecule has 0 N–H and O–H groups in total. The van der Waals surface area contributed by atoms with Gasteiger partial charge in [0.1, 0.15) is 0 Å². The van der Waals surface area contributed by atoms with Crippen molar-refractivity contribution in [1.29, 1.82) is 0 Å². The molecule has 0 saturated carbocycles. The van der Waals surface area contributed by atoms with Gasteiger partial charge in [-0.25, -0.2) is 0 Å². The van der Waals surface area contributed by atoms with E-state index < -0.39 is 8.14 Å². The zero-order chi connectivity index (χ0) is 2.71. The van der Waals surface area contributed by atoms with Gasteiger partial charge in [0.2, 0.25) is 8.14 Å². The maximum absolute atomic E-state index is 4.90. The van der Waals surface area contributed by atoms with Crippen molar-refractivity contribution in [2.45, 2.75) is 0 Å². The molecule has 0 amide bonds. The summed E-state index contributed by atoms with van der Waals surface area (Å²) in [4.78, 5) is 0. The van der Waals surface area contributed by atoms with Crippen molar-refractivity contribution in [1.82, 2.24) is 0 Å². The summed E-state index contributed by atoms with van der Waals surface area (Å²) in [6.07, 6.45) is 0. The Morgan fingerprint density at radius 1 is 1.00 bits per heavy atom. The number of hydrogen-bond donors (Lipinski definition) is 0. The van der Waals surface area contributed by atoms with Crippen molar-refractivity contribution in [3.8, 4) is 0 Å². The molecule has 0 fully saturated rings. The van der Waals surface area contributed by atoms with Gasteiger partial charge in [-0.15, -0.1) is 0 Å². The number of hydrogen-bond acceptors (Lipinski definition) is 0. The molecule has 0 bridgehead atoms. The van der Waals surface area contributed by atoms with Gasteiger partial charge in [0.15, 0.2) is 0 Å². The van der Waals surface area contributed by atoms with Gasteiger partial charge in [0, 0.05) is 0 Å². The summed E-state index contributed by atoms with van der Waals surface area (Å²) in [5.74, 6) is 0. The first kappa shape index (κ1) is 16.0. The molecule has 0 atom stereocenters. The van der Waals surface area contributed by atoms with Crippen LogP contribution in [0.3, 0.4) is 0 Å². The molecule has 0 aromatic carbocycles. The number of halogens is 2. The molecule has 0 spiro atoms. The standard InChI is InChI=1S/Cl2H2Si.2K.2H/c1-3-2;;;;/h3H2;;;;. The third-order valence-electron chi connectivity index (χ3n) is 0. The molecule has 5 heteroatoms. The van der Waals surface area contributed by atoms with Crippen molar-refractivity contribution in [3.63, 3.8) is 0 Å². The molecule has 0 radical (unpaired) electrons. The molecular formula is H4Cl2K2Si. The van der Waals surface area contributed by atoms with E-state index in [0.29, 0.717) is 0 Å². The third-order valence-corrected chi connectivity index (χ3v) is 0. The minimum absolute atomic E-state index is 0. The van der Waals surface area contributed by atoms with Crippen LogP contribution in [0.25, 0.3) is 0 Å². The second kappa shape index (κ2) is 15.7. The Kier molecular flexibility index (Phi) is 50.3. The van der Waals surface area contributed by atoms with Crippen LogP contribution in [-0.2, 0) is 0 Å². The van der Waals surface area contributed by atoms with Gasteiger partial charge in [-0.05, 0) is 0 Å². The van der Waals surface area contributed by atoms with Crippen LogP contribution in [0.1, 0.15) is 0 Å². The molecular weight excluding hydrogens is 177 g/mol. The first-order valence-electron chi connectivity index (χ1n) is 0.535. The van der Waals surface area contributed by atoms with E-state index in [1.165, 1.54) is 0 Å². The van der Waals surface area contributed by atoms with Gasteiger partial charge in [0.05, 0.1) is 0 Å². The van der Waals surface area contributed by atoms with Crippen LogP contribution >= 0.6 is 22.2 Å². The van der Waals surface area contributed by atoms with Crippen molar-refractivity contribution >= 4 is 133 Å². The Morgan fingerprint density at radius 2 is 1.00 bits per heavy atom. The summed E-state index contributed by atoms with van der Waals surface area (Å²) >= 11 is 9.81. The quantitative estimate of drug-likeness (QED) is 0.338. The summed E-state index contributed by atoms with van der Waals surface area (Å²) < 4.78 is 0. The molecule has 0 rings (SSSR count). The number of rotatable bonds is 0. The Morgan fingerprint density at radius 3 is 1.00 bits per heavy atom. The molecule has 5 heavy (non-hydrogen) atoms. The summed E-state index contributed by atoms with van der Waals surface area (Å²) in [6, 6.07) is 0. The fourth-order valence-electron chi connectivity index (χ4n) is 0. The zero-order valence-corrected chi connectivity index (χ0v) is 4.39. The predicted molar refractivity (Wildman–Crippen MR) is 34.5 cm³/mol. The molecule has 0 aromatic rings. The average molecular weight is 181 g/mol. The van der Waals surface area contributed by atoms with E-state index in [2.05, 4.69) is 0 Å². The van der Waals surface area contributed by atoms with E-state index in [-0.39, 0.29) is 103 Å². The predicted octanol–water partition coefficient (Wildman–Crippen LogP) is -0.834. The molecule has 0 unspecified atom stereocenters. The van der Waals surface area contributed by atoms with Gasteiger partial charge in [-0.1, -0.05) is 0 Å². The first-order valence-corrected chi connectivity index (χ1v) is 4.81. The zero-order valence-electron chi connectivity index (χ0n) is 1.46. The molecule has 0 nitrogen and oxygen atoms in total. The van der Waals surface area contributed by atoms with Crippen LogP contribution in [0, 0.1) is 0 Å². The van der Waals surface area contributed by atoms with Crippen molar-refractivity contribution in [2.75, 3.05) is 0 Å². The maximum atomic E-state index is 4.90. The molecule has 0 aliphatic rings. The van der Waals surface area contributed by atoms with Crippen molar-refractivity contribution in [2.24, 2.45) is 0 Å². The normalized spacial score (nSPS) is 3.60. The van der Waals surface area contributed by atoms with E-state index in [1.807, 2.05) is 0 Å². The molecule has 0 heterocycles. The summed E-state index contributed by atoms with van der Waals surface area (Å²) in [5, 5.41) is 0. The summed E-state index contributed by atoms with van der Waals surface area (Å²) in [7, 11) is -0.639. The van der Waals surface area contributed by atoms with Gasteiger partial charge < -0.3 is 0 Å². The first-order chi connectivity index (χ1) is 1.41. The van der Waals surface area contributed by atoms with Gasteiger partial charge in [-0.3, -0.25) is 0 Å². The average Bonchev–Trinajstić information content (AvgIpc) is 0.918. The Hall–Kier alpha value is 4.07. The van der Waals surface area contributed by atoms with Crippen LogP contribution in [0.2, 0.25) is 0 Å². The SMILES string of the molecule is Cl[SiH2]Cl.[KH].[KH]. The monoisotopic (exact) mass is 180 g/mol. The fraction of sp³-hybridized carbons (Fsp3) is 0. The molecule has 0 aliphatic carbocycles. The Bertz CT molecular complexity index is 7.61. The molecule has 0 saturated heterocycles. The van der Waals surface area contributed by atoms with E-state index in [1.54, 1.807) is 0 Å². The van der Waals surface area contributed by atoms with Crippen LogP contribution in [0.4, 0.5) is 0 Å². The van der Waals surface area contributed by atoms with Gasteiger partial charge in [0.25, 0.3) is 0 Å². The Labute approximate surface area is 129 Å². The summed E-state index contributed by atoms with van der Waals surface area (Å²) in [5.41, 5.74) is 0. The topological polar surface area (TPSA) is 0 Å². The van der Waals surface area contributed by atoms with E-state index in [0.717, 1.165) is 0 Å². The Balaban J connectivity index is -0.0000000200. The third kappa shape index (κ3) is 18.0. The molecule has 24 valence electrons. The van der Waals surface area contributed by atoms with Gasteiger partial charge in [-0.2, -0.15) is 22.2 Å². The summed E-state index contributed by atoms with van der Waals surface area (Å²) in [6.45, 7) is 0. The van der Waals surface area contributed by atoms with Crippen molar-refractivity contribution in [3.05, 3.63) is 0 Å². The van der Waals surface area contributed by atoms with Gasteiger partial charge >= 0.3 is 103 Å². The second-order valence-electron chi connectivity index (χ2n) is 0.101. The van der Waals surface area contributed by atoms with Crippen molar-refractivity contribution < 1.29 is 0 Å².